The summed E-state index contributed by atoms with van der Waals surface area (Å²) in [5, 5.41) is 22.8. The number of imidazole rings is 1. The Balaban J connectivity index is 1.65. The van der Waals surface area contributed by atoms with Gasteiger partial charge in [0.25, 0.3) is 5.69 Å². The molecule has 9 heteroatoms. The molecule has 0 atom stereocenters. The number of fused-ring (bicyclic) bond motifs is 1. The van der Waals surface area contributed by atoms with Crippen LogP contribution in [-0.2, 0) is 13.5 Å². The largest absolute Gasteiger partial charge is 0.494 e. The molecule has 5 aromatic rings. The van der Waals surface area contributed by atoms with Gasteiger partial charge in [0.05, 0.1) is 33.9 Å². The van der Waals surface area contributed by atoms with E-state index in [-0.39, 0.29) is 11.6 Å². The van der Waals surface area contributed by atoms with Crippen molar-refractivity contribution < 1.29 is 10.0 Å². The molecular formula is C27H24N6O3. The van der Waals surface area contributed by atoms with Gasteiger partial charge in [-0.2, -0.15) is 0 Å². The summed E-state index contributed by atoms with van der Waals surface area (Å²) in [6.07, 6.45) is 4.42. The predicted molar refractivity (Wildman–Crippen MR) is 140 cm³/mol. The number of aromatic amines is 1. The molecule has 0 radical (unpaired) electrons. The fourth-order valence-electron chi connectivity index (χ4n) is 4.18. The molecule has 9 nitrogen and oxygen atoms in total. The Labute approximate surface area is 206 Å². The summed E-state index contributed by atoms with van der Waals surface area (Å²) in [7, 11) is 1.91. The van der Waals surface area contributed by atoms with Crippen LogP contribution in [0.5, 0.6) is 5.88 Å². The van der Waals surface area contributed by atoms with Crippen LogP contribution in [0.1, 0.15) is 16.7 Å². The van der Waals surface area contributed by atoms with Crippen molar-refractivity contribution in [1.29, 1.82) is 0 Å². The summed E-state index contributed by atoms with van der Waals surface area (Å²) in [5.74, 6) is -0.111. The molecule has 0 amide bonds. The van der Waals surface area contributed by atoms with E-state index >= 15 is 0 Å². The number of hydrogen-bond donors (Lipinski definition) is 3. The van der Waals surface area contributed by atoms with E-state index in [4.69, 9.17) is 10.7 Å². The molecule has 5 rings (SSSR count). The number of aromatic nitrogens is 3. The lowest BCUT2D eigenvalue weighted by Gasteiger charge is -2.09. The Morgan fingerprint density at radius 1 is 1.14 bits per heavy atom. The molecule has 36 heavy (non-hydrogen) atoms. The number of hydrogen-bond acceptors (Lipinski definition) is 6. The molecule has 0 bridgehead atoms. The van der Waals surface area contributed by atoms with Crippen molar-refractivity contribution >= 4 is 28.0 Å². The van der Waals surface area contributed by atoms with E-state index in [2.05, 4.69) is 9.97 Å². The summed E-state index contributed by atoms with van der Waals surface area (Å²) in [6, 6.07) is 19.8. The molecule has 2 aromatic heterocycles. The van der Waals surface area contributed by atoms with Gasteiger partial charge >= 0.3 is 0 Å². The van der Waals surface area contributed by atoms with E-state index in [1.807, 2.05) is 66.3 Å². The molecule has 0 saturated carbocycles. The molecule has 0 unspecified atom stereocenters. The van der Waals surface area contributed by atoms with Crippen molar-refractivity contribution in [2.45, 2.75) is 6.42 Å². The first-order valence-corrected chi connectivity index (χ1v) is 11.4. The summed E-state index contributed by atoms with van der Waals surface area (Å²) >= 11 is 0. The topological polar surface area (TPSA) is 135 Å². The third kappa shape index (κ3) is 4.47. The molecule has 4 N–H and O–H groups in total. The van der Waals surface area contributed by atoms with Gasteiger partial charge in [0, 0.05) is 47.4 Å². The first-order valence-electron chi connectivity index (χ1n) is 11.4. The normalized spacial score (nSPS) is 11.8. The number of aryl methyl sites for hydroxylation is 1. The van der Waals surface area contributed by atoms with Crippen LogP contribution < -0.4 is 5.73 Å². The molecule has 3 aromatic carbocycles. The Kier molecular flexibility index (Phi) is 6.05. The predicted octanol–water partition coefficient (Wildman–Crippen LogP) is 4.85. The third-order valence-corrected chi connectivity index (χ3v) is 5.98. The maximum absolute atomic E-state index is 11.4. The maximum Gasteiger partial charge on any atom is 0.270 e. The van der Waals surface area contributed by atoms with Crippen LogP contribution in [0, 0.1) is 10.1 Å². The highest BCUT2D eigenvalue weighted by Crippen LogP contribution is 2.34. The van der Waals surface area contributed by atoms with Crippen molar-refractivity contribution in [3.63, 3.8) is 0 Å². The Morgan fingerprint density at radius 2 is 1.89 bits per heavy atom. The summed E-state index contributed by atoms with van der Waals surface area (Å²) in [4.78, 5) is 23.2. The van der Waals surface area contributed by atoms with Crippen LogP contribution in [0.4, 0.5) is 11.4 Å². The van der Waals surface area contributed by atoms with E-state index in [1.165, 1.54) is 12.1 Å². The van der Waals surface area contributed by atoms with Crippen molar-refractivity contribution in [1.82, 2.24) is 14.5 Å². The summed E-state index contributed by atoms with van der Waals surface area (Å²) in [6.45, 7) is 0.538. The van der Waals surface area contributed by atoms with Crippen molar-refractivity contribution in [2.75, 3.05) is 6.54 Å². The van der Waals surface area contributed by atoms with Gasteiger partial charge in [-0.3, -0.25) is 10.1 Å². The molecule has 0 fully saturated rings. The van der Waals surface area contributed by atoms with Gasteiger partial charge in [-0.05, 0) is 36.7 Å². The number of rotatable bonds is 7. The van der Waals surface area contributed by atoms with Crippen molar-refractivity contribution in [2.24, 2.45) is 17.8 Å². The van der Waals surface area contributed by atoms with Gasteiger partial charge in [-0.25, -0.2) is 9.98 Å². The van der Waals surface area contributed by atoms with Crippen LogP contribution >= 0.6 is 0 Å². The minimum atomic E-state index is -0.456. The average molecular weight is 481 g/mol. The summed E-state index contributed by atoms with van der Waals surface area (Å²) < 4.78 is 1.88. The van der Waals surface area contributed by atoms with Crippen molar-refractivity contribution in [3.05, 3.63) is 106 Å². The first-order chi connectivity index (χ1) is 17.4. The number of non-ortho nitro benzene ring substituents is 1. The molecule has 2 heterocycles. The standard InChI is InChI=1S/C27H24N6O3/c1-32-15-24(29-16-32)18-6-8-20(9-7-18)30-26(19-4-2-17(3-5-19)12-13-28)25-22-14-21(33(35)36)10-11-23(22)31-27(25)34/h2-11,14-16,31,34H,12-13,28H2,1H3. The maximum atomic E-state index is 11.4. The number of nitrogens with zero attached hydrogens (tertiary/aromatic N) is 4. The number of nitrogens with two attached hydrogens (primary N) is 1. The molecule has 0 aliphatic carbocycles. The second-order valence-electron chi connectivity index (χ2n) is 8.50. The van der Waals surface area contributed by atoms with Crippen LogP contribution in [0.2, 0.25) is 0 Å². The molecule has 0 spiro atoms. The number of nitrogens with one attached hydrogen (secondary N) is 1. The Bertz CT molecular complexity index is 1580. The third-order valence-electron chi connectivity index (χ3n) is 5.98. The fraction of sp³-hybridized carbons (Fsp3) is 0.111. The van der Waals surface area contributed by atoms with Gasteiger partial charge in [-0.1, -0.05) is 36.4 Å². The molecule has 0 saturated heterocycles. The zero-order valence-corrected chi connectivity index (χ0v) is 19.5. The van der Waals surface area contributed by atoms with E-state index in [0.717, 1.165) is 28.8 Å². The monoisotopic (exact) mass is 480 g/mol. The average Bonchev–Trinajstić information content (AvgIpc) is 3.45. The summed E-state index contributed by atoms with van der Waals surface area (Å²) in [5.41, 5.74) is 11.4. The number of nitro groups is 1. The highest BCUT2D eigenvalue weighted by molar-refractivity contribution is 6.22. The van der Waals surface area contributed by atoms with Gasteiger partial charge in [-0.15, -0.1) is 0 Å². The lowest BCUT2D eigenvalue weighted by molar-refractivity contribution is -0.384. The highest BCUT2D eigenvalue weighted by Gasteiger charge is 2.21. The zero-order valence-electron chi connectivity index (χ0n) is 19.5. The smallest absolute Gasteiger partial charge is 0.270 e. The number of aromatic hydroxyl groups is 1. The van der Waals surface area contributed by atoms with E-state index in [1.54, 1.807) is 12.4 Å². The van der Waals surface area contributed by atoms with Gasteiger partial charge in [0.2, 0.25) is 0 Å². The molecular weight excluding hydrogens is 456 g/mol. The second kappa shape index (κ2) is 9.47. The van der Waals surface area contributed by atoms with Crippen molar-refractivity contribution in [3.8, 4) is 17.1 Å². The molecule has 0 aliphatic rings. The Morgan fingerprint density at radius 3 is 2.53 bits per heavy atom. The quantitative estimate of drug-likeness (QED) is 0.174. The van der Waals surface area contributed by atoms with Gasteiger partial charge in [0.15, 0.2) is 5.88 Å². The van der Waals surface area contributed by atoms with E-state index in [0.29, 0.717) is 34.4 Å². The van der Waals surface area contributed by atoms with Crippen LogP contribution in [0.15, 0.2) is 84.2 Å². The molecule has 180 valence electrons. The molecule has 0 aliphatic heterocycles. The van der Waals surface area contributed by atoms with Gasteiger partial charge < -0.3 is 20.4 Å². The fourth-order valence-corrected chi connectivity index (χ4v) is 4.18. The minimum absolute atomic E-state index is 0.0693. The first kappa shape index (κ1) is 23.0. The second-order valence-corrected chi connectivity index (χ2v) is 8.50. The zero-order chi connectivity index (χ0) is 25.2. The van der Waals surface area contributed by atoms with Gasteiger partial charge in [0.1, 0.15) is 0 Å². The number of nitro benzene ring substituents is 1. The lowest BCUT2D eigenvalue weighted by atomic mass is 9.98. The number of aliphatic imine (C=N–C) groups is 1. The van der Waals surface area contributed by atoms with E-state index < -0.39 is 4.92 Å². The number of H-pyrrole nitrogens is 1. The van der Waals surface area contributed by atoms with Crippen LogP contribution in [0.25, 0.3) is 22.2 Å². The van der Waals surface area contributed by atoms with Crippen LogP contribution in [0.3, 0.4) is 0 Å². The van der Waals surface area contributed by atoms with E-state index in [9.17, 15) is 15.2 Å². The number of benzene rings is 3. The van der Waals surface area contributed by atoms with Crippen LogP contribution in [-0.4, -0.2) is 36.8 Å². The highest BCUT2D eigenvalue weighted by atomic mass is 16.6. The minimum Gasteiger partial charge on any atom is -0.494 e. The SMILES string of the molecule is Cn1cnc(-c2ccc(N=C(c3ccc(CCN)cc3)c3c(O)[nH]c4ccc([N+](=O)[O-])cc34)cc2)c1. The Hall–Kier alpha value is -4.76. The lowest BCUT2D eigenvalue weighted by Crippen LogP contribution is -2.05.